The van der Waals surface area contributed by atoms with Crippen molar-refractivity contribution in [2.75, 3.05) is 11.9 Å². The van der Waals surface area contributed by atoms with E-state index in [2.05, 4.69) is 25.9 Å². The van der Waals surface area contributed by atoms with Gasteiger partial charge in [0.2, 0.25) is 5.91 Å². The van der Waals surface area contributed by atoms with Gasteiger partial charge in [-0.05, 0) is 19.4 Å². The minimum absolute atomic E-state index is 0.0158. The predicted octanol–water partition coefficient (Wildman–Crippen LogP) is 1.18. The number of thiophene rings is 1. The van der Waals surface area contributed by atoms with Gasteiger partial charge < -0.3 is 10.1 Å². The van der Waals surface area contributed by atoms with Crippen LogP contribution in [0.4, 0.5) is 5.00 Å². The van der Waals surface area contributed by atoms with Gasteiger partial charge in [-0.2, -0.15) is 5.21 Å². The van der Waals surface area contributed by atoms with Crippen LogP contribution in [0.3, 0.4) is 0 Å². The lowest BCUT2D eigenvalue weighted by Crippen LogP contribution is -2.16. The first-order valence-corrected chi connectivity index (χ1v) is 7.27. The van der Waals surface area contributed by atoms with E-state index >= 15 is 0 Å². The molecule has 112 valence electrons. The molecule has 0 aromatic carbocycles. The molecule has 0 aliphatic rings. The summed E-state index contributed by atoms with van der Waals surface area (Å²) < 4.78 is 4.99. The van der Waals surface area contributed by atoms with E-state index in [4.69, 9.17) is 4.74 Å². The topological polar surface area (TPSA) is 110 Å². The summed E-state index contributed by atoms with van der Waals surface area (Å²) >= 11 is 1.36. The number of aromatic nitrogens is 4. The molecule has 8 nitrogen and oxygen atoms in total. The number of tetrazole rings is 1. The van der Waals surface area contributed by atoms with Crippen molar-refractivity contribution in [3.8, 4) is 0 Å². The molecule has 2 aromatic heterocycles. The second kappa shape index (κ2) is 6.93. The second-order valence-corrected chi connectivity index (χ2v) is 5.22. The van der Waals surface area contributed by atoms with Gasteiger partial charge in [-0.1, -0.05) is 12.1 Å². The van der Waals surface area contributed by atoms with E-state index < -0.39 is 5.97 Å². The van der Waals surface area contributed by atoms with Gasteiger partial charge in [-0.15, -0.1) is 21.5 Å². The van der Waals surface area contributed by atoms with E-state index in [0.717, 1.165) is 11.3 Å². The van der Waals surface area contributed by atoms with Crippen molar-refractivity contribution in [2.24, 2.45) is 0 Å². The zero-order valence-corrected chi connectivity index (χ0v) is 12.5. The van der Waals surface area contributed by atoms with Crippen LogP contribution in [0.25, 0.3) is 0 Å². The van der Waals surface area contributed by atoms with Crippen LogP contribution in [-0.4, -0.2) is 39.1 Å². The van der Waals surface area contributed by atoms with Crippen LogP contribution in [0, 0.1) is 0 Å². The molecule has 0 fully saturated rings. The summed E-state index contributed by atoms with van der Waals surface area (Å²) in [7, 11) is 0. The van der Waals surface area contributed by atoms with Gasteiger partial charge in [0.05, 0.1) is 18.6 Å². The maximum Gasteiger partial charge on any atom is 0.341 e. The number of hydrogen-bond acceptors (Lipinski definition) is 7. The van der Waals surface area contributed by atoms with Crippen LogP contribution >= 0.6 is 11.3 Å². The molecule has 9 heteroatoms. The first kappa shape index (κ1) is 15.1. The number of anilines is 1. The van der Waals surface area contributed by atoms with Crippen molar-refractivity contribution in [1.29, 1.82) is 0 Å². The van der Waals surface area contributed by atoms with E-state index in [9.17, 15) is 9.59 Å². The van der Waals surface area contributed by atoms with Gasteiger partial charge in [0, 0.05) is 4.88 Å². The largest absolute Gasteiger partial charge is 0.462 e. The minimum atomic E-state index is -0.441. The quantitative estimate of drug-likeness (QED) is 0.775. The predicted molar refractivity (Wildman–Crippen MR) is 76.2 cm³/mol. The molecular weight excluding hydrogens is 294 g/mol. The normalized spacial score (nSPS) is 10.4. The Morgan fingerprint density at radius 1 is 1.43 bits per heavy atom. The van der Waals surface area contributed by atoms with Gasteiger partial charge in [0.1, 0.15) is 5.00 Å². The zero-order chi connectivity index (χ0) is 15.2. The van der Waals surface area contributed by atoms with Crippen molar-refractivity contribution < 1.29 is 14.3 Å². The Labute approximate surface area is 124 Å². The molecule has 0 saturated carbocycles. The number of nitrogens with one attached hydrogen (secondary N) is 2. The second-order valence-electron chi connectivity index (χ2n) is 4.08. The summed E-state index contributed by atoms with van der Waals surface area (Å²) in [5, 5.41) is 16.3. The highest BCUT2D eigenvalue weighted by Crippen LogP contribution is 2.29. The molecule has 0 spiro atoms. The van der Waals surface area contributed by atoms with Crippen LogP contribution < -0.4 is 5.32 Å². The number of rotatable bonds is 6. The van der Waals surface area contributed by atoms with Gasteiger partial charge in [-0.25, -0.2) is 4.79 Å². The SMILES string of the molecule is CCOC(=O)c1cc(CC)sc1NC(=O)Cc1nn[nH]n1. The summed E-state index contributed by atoms with van der Waals surface area (Å²) in [5.41, 5.74) is 0.375. The Balaban J connectivity index is 2.12. The first-order chi connectivity index (χ1) is 10.1. The first-order valence-electron chi connectivity index (χ1n) is 6.46. The van der Waals surface area contributed by atoms with Gasteiger partial charge >= 0.3 is 5.97 Å². The van der Waals surface area contributed by atoms with E-state index in [0.29, 0.717) is 10.6 Å². The molecule has 0 bridgehead atoms. The number of aromatic amines is 1. The highest BCUT2D eigenvalue weighted by Gasteiger charge is 2.19. The van der Waals surface area contributed by atoms with Crippen molar-refractivity contribution in [3.05, 3.63) is 22.3 Å². The van der Waals surface area contributed by atoms with Crippen molar-refractivity contribution in [3.63, 3.8) is 0 Å². The Bertz CT molecular complexity index is 623. The van der Waals surface area contributed by atoms with E-state index in [-0.39, 0.29) is 24.8 Å². The molecular formula is C12H15N5O3S. The Hall–Kier alpha value is -2.29. The van der Waals surface area contributed by atoms with E-state index in [1.165, 1.54) is 11.3 Å². The third-order valence-corrected chi connectivity index (χ3v) is 3.78. The minimum Gasteiger partial charge on any atom is -0.462 e. The molecule has 2 rings (SSSR count). The Morgan fingerprint density at radius 3 is 2.86 bits per heavy atom. The fourth-order valence-electron chi connectivity index (χ4n) is 1.64. The monoisotopic (exact) mass is 309 g/mol. The summed E-state index contributed by atoms with van der Waals surface area (Å²) in [6, 6.07) is 1.74. The molecule has 2 N–H and O–H groups in total. The van der Waals surface area contributed by atoms with E-state index in [1.54, 1.807) is 13.0 Å². The molecule has 21 heavy (non-hydrogen) atoms. The molecule has 1 amide bonds. The van der Waals surface area contributed by atoms with Crippen molar-refractivity contribution >= 4 is 28.2 Å². The highest BCUT2D eigenvalue weighted by molar-refractivity contribution is 7.16. The lowest BCUT2D eigenvalue weighted by Gasteiger charge is -2.04. The fraction of sp³-hybridized carbons (Fsp3) is 0.417. The third kappa shape index (κ3) is 3.85. The Morgan fingerprint density at radius 2 is 2.24 bits per heavy atom. The smallest absolute Gasteiger partial charge is 0.341 e. The molecule has 2 aromatic rings. The molecule has 0 aliphatic heterocycles. The number of esters is 1. The zero-order valence-electron chi connectivity index (χ0n) is 11.7. The summed E-state index contributed by atoms with van der Waals surface area (Å²) in [6.07, 6.45) is 0.760. The number of amides is 1. The van der Waals surface area contributed by atoms with Crippen molar-refractivity contribution in [1.82, 2.24) is 20.6 Å². The number of ether oxygens (including phenoxy) is 1. The van der Waals surface area contributed by atoms with Crippen LogP contribution in [0.15, 0.2) is 6.07 Å². The number of H-pyrrole nitrogens is 1. The summed E-state index contributed by atoms with van der Waals surface area (Å²) in [5.74, 6) is -0.466. The lowest BCUT2D eigenvalue weighted by molar-refractivity contribution is -0.115. The van der Waals surface area contributed by atoms with Crippen LogP contribution in [0.2, 0.25) is 0 Å². The lowest BCUT2D eigenvalue weighted by atomic mass is 10.2. The van der Waals surface area contributed by atoms with Gasteiger partial charge in [0.15, 0.2) is 5.82 Å². The van der Waals surface area contributed by atoms with Crippen LogP contribution in [0.5, 0.6) is 0 Å². The van der Waals surface area contributed by atoms with Gasteiger partial charge in [0.25, 0.3) is 0 Å². The highest BCUT2D eigenvalue weighted by atomic mass is 32.1. The molecule has 0 atom stereocenters. The van der Waals surface area contributed by atoms with Gasteiger partial charge in [-0.3, -0.25) is 4.79 Å². The third-order valence-electron chi connectivity index (χ3n) is 2.59. The molecule has 0 saturated heterocycles. The van der Waals surface area contributed by atoms with Crippen LogP contribution in [-0.2, 0) is 22.4 Å². The standard InChI is InChI=1S/C12H15N5O3S/c1-3-7-5-8(12(19)20-4-2)11(21-7)13-10(18)6-9-14-16-17-15-9/h5H,3-4,6H2,1-2H3,(H,13,18)(H,14,15,16,17). The number of nitrogens with zero attached hydrogens (tertiary/aromatic N) is 3. The molecule has 0 unspecified atom stereocenters. The molecule has 0 aliphatic carbocycles. The summed E-state index contributed by atoms with van der Waals surface area (Å²) in [6.45, 7) is 4.00. The maximum absolute atomic E-state index is 11.9. The number of carbonyl (C=O) groups excluding carboxylic acids is 2. The van der Waals surface area contributed by atoms with E-state index in [1.807, 2.05) is 6.92 Å². The molecule has 2 heterocycles. The maximum atomic E-state index is 11.9. The van der Waals surface area contributed by atoms with Crippen LogP contribution in [0.1, 0.15) is 34.9 Å². The fourth-order valence-corrected chi connectivity index (χ4v) is 2.64. The number of carbonyl (C=O) groups is 2. The average molecular weight is 309 g/mol. The Kier molecular flexibility index (Phi) is 4.99. The summed E-state index contributed by atoms with van der Waals surface area (Å²) in [4.78, 5) is 24.8. The number of hydrogen-bond donors (Lipinski definition) is 2. The number of aryl methyl sites for hydroxylation is 1. The molecule has 0 radical (unpaired) electrons. The van der Waals surface area contributed by atoms with Crippen molar-refractivity contribution in [2.45, 2.75) is 26.7 Å². The average Bonchev–Trinajstić information content (AvgIpc) is 3.08.